The highest BCUT2D eigenvalue weighted by atomic mass is 79.9. The SMILES string of the molecule is COC(=O)c1n[nH]c2cccc(Cl)c12.COC(=O)c1nn(-c2cccc(Br)c2)c2cccc(Cl)c12.OB(O)c1cccc(Br)c1. The van der Waals surface area contributed by atoms with E-state index in [4.69, 9.17) is 38.0 Å². The van der Waals surface area contributed by atoms with Gasteiger partial charge in [-0.2, -0.15) is 10.2 Å². The van der Waals surface area contributed by atoms with Gasteiger partial charge in [0.25, 0.3) is 0 Å². The summed E-state index contributed by atoms with van der Waals surface area (Å²) >= 11 is 18.8. The van der Waals surface area contributed by atoms with Gasteiger partial charge < -0.3 is 19.5 Å². The lowest BCUT2D eigenvalue weighted by atomic mass is 9.81. The van der Waals surface area contributed by atoms with Crippen LogP contribution in [0.15, 0.2) is 93.9 Å². The number of rotatable bonds is 4. The van der Waals surface area contributed by atoms with E-state index in [1.807, 2.05) is 42.5 Å². The number of aromatic amines is 1. The zero-order chi connectivity index (χ0) is 32.7. The van der Waals surface area contributed by atoms with Crippen LogP contribution in [0.5, 0.6) is 0 Å². The Hall–Kier alpha value is -3.72. The number of benzene rings is 4. The summed E-state index contributed by atoms with van der Waals surface area (Å²) < 4.78 is 12.8. The van der Waals surface area contributed by atoms with E-state index in [-0.39, 0.29) is 11.4 Å². The quantitative estimate of drug-likeness (QED) is 0.139. The molecule has 3 N–H and O–H groups in total. The summed E-state index contributed by atoms with van der Waals surface area (Å²) in [6.45, 7) is 0. The molecular formula is C30H23BBr2Cl2N4O6. The minimum Gasteiger partial charge on any atom is -0.464 e. The van der Waals surface area contributed by atoms with Gasteiger partial charge in [0.2, 0.25) is 0 Å². The summed E-state index contributed by atoms with van der Waals surface area (Å²) in [5.41, 5.74) is 3.21. The summed E-state index contributed by atoms with van der Waals surface area (Å²) in [6.07, 6.45) is 0. The molecule has 6 rings (SSSR count). The maximum absolute atomic E-state index is 11.9. The van der Waals surface area contributed by atoms with Crippen LogP contribution in [0.25, 0.3) is 27.5 Å². The molecule has 0 aliphatic rings. The third-order valence-electron chi connectivity index (χ3n) is 6.15. The van der Waals surface area contributed by atoms with Crippen LogP contribution in [0.2, 0.25) is 10.0 Å². The number of esters is 2. The Morgan fingerprint density at radius 3 is 1.98 bits per heavy atom. The maximum Gasteiger partial charge on any atom is 0.488 e. The highest BCUT2D eigenvalue weighted by molar-refractivity contribution is 9.10. The van der Waals surface area contributed by atoms with E-state index in [9.17, 15) is 9.59 Å². The van der Waals surface area contributed by atoms with Gasteiger partial charge in [-0.15, -0.1) is 0 Å². The van der Waals surface area contributed by atoms with Crippen LogP contribution in [0, 0.1) is 0 Å². The van der Waals surface area contributed by atoms with Crippen LogP contribution in [-0.4, -0.2) is 63.3 Å². The molecule has 0 saturated heterocycles. The average molecular weight is 777 g/mol. The molecule has 45 heavy (non-hydrogen) atoms. The van der Waals surface area contributed by atoms with Gasteiger partial charge in [-0.1, -0.05) is 85.4 Å². The predicted octanol–water partition coefficient (Wildman–Crippen LogP) is 6.36. The molecule has 0 aliphatic heterocycles. The molecule has 0 saturated carbocycles. The number of ether oxygens (including phenoxy) is 2. The van der Waals surface area contributed by atoms with Crippen LogP contribution in [0.1, 0.15) is 21.0 Å². The van der Waals surface area contributed by atoms with Gasteiger partial charge in [0.15, 0.2) is 11.4 Å². The lowest BCUT2D eigenvalue weighted by Gasteiger charge is -2.03. The summed E-state index contributed by atoms with van der Waals surface area (Å²) in [5.74, 6) is -1.01. The van der Waals surface area contributed by atoms with Crippen molar-refractivity contribution < 1.29 is 29.1 Å². The van der Waals surface area contributed by atoms with Crippen molar-refractivity contribution in [3.63, 3.8) is 0 Å². The number of fused-ring (bicyclic) bond motifs is 2. The first-order valence-corrected chi connectivity index (χ1v) is 15.2. The van der Waals surface area contributed by atoms with E-state index in [0.717, 1.165) is 25.7 Å². The molecule has 0 aliphatic carbocycles. The number of carbonyl (C=O) groups is 2. The van der Waals surface area contributed by atoms with Crippen molar-refractivity contribution in [3.8, 4) is 5.69 Å². The number of aromatic nitrogens is 4. The molecular weight excluding hydrogens is 754 g/mol. The standard InChI is InChI=1S/C15H10BrClN2O2.C9H7ClN2O2.C6H6BBrO2/c1-21-15(20)14-13-11(17)6-3-7-12(13)19(18-14)10-5-2-4-9(16)8-10;1-14-9(13)8-7-5(10)3-2-4-6(7)11-12-8;8-6-3-1-2-5(4-6)7(9)10/h2-8H,1H3;2-4H,1H3,(H,11,12);1-4,9-10H. The Balaban J connectivity index is 0.000000166. The van der Waals surface area contributed by atoms with Gasteiger partial charge in [-0.25, -0.2) is 14.3 Å². The number of methoxy groups -OCH3 is 2. The zero-order valence-corrected chi connectivity index (χ0v) is 28.2. The van der Waals surface area contributed by atoms with Gasteiger partial charge in [0, 0.05) is 8.95 Å². The van der Waals surface area contributed by atoms with Gasteiger partial charge in [0.05, 0.1) is 51.8 Å². The topological polar surface area (TPSA) is 140 Å². The molecule has 10 nitrogen and oxygen atoms in total. The maximum atomic E-state index is 11.9. The molecule has 2 heterocycles. The van der Waals surface area contributed by atoms with Crippen LogP contribution in [-0.2, 0) is 9.47 Å². The molecule has 0 radical (unpaired) electrons. The third-order valence-corrected chi connectivity index (χ3v) is 7.77. The van der Waals surface area contributed by atoms with Gasteiger partial charge in [-0.3, -0.25) is 5.10 Å². The number of hydrogen-bond donors (Lipinski definition) is 3. The number of halogens is 4. The second-order valence-corrected chi connectivity index (χ2v) is 11.7. The number of hydrogen-bond acceptors (Lipinski definition) is 8. The van der Waals surface area contributed by atoms with Crippen molar-refractivity contribution in [1.29, 1.82) is 0 Å². The fourth-order valence-corrected chi connectivity index (χ4v) is 5.44. The van der Waals surface area contributed by atoms with Gasteiger partial charge >= 0.3 is 19.1 Å². The Bertz CT molecular complexity index is 1990. The first-order chi connectivity index (χ1) is 21.5. The summed E-state index contributed by atoms with van der Waals surface area (Å²) in [5, 5.41) is 30.4. The normalized spacial score (nSPS) is 10.4. The van der Waals surface area contributed by atoms with Gasteiger partial charge in [-0.05, 0) is 60.1 Å². The predicted molar refractivity (Wildman–Crippen MR) is 182 cm³/mol. The molecule has 0 atom stereocenters. The van der Waals surface area contributed by atoms with E-state index in [2.05, 4.69) is 51.9 Å². The highest BCUT2D eigenvalue weighted by Crippen LogP contribution is 2.30. The van der Waals surface area contributed by atoms with Crippen LogP contribution >= 0.6 is 55.1 Å². The van der Waals surface area contributed by atoms with Crippen LogP contribution in [0.4, 0.5) is 0 Å². The summed E-state index contributed by atoms with van der Waals surface area (Å²) in [6, 6.07) is 25.2. The Morgan fingerprint density at radius 2 is 1.38 bits per heavy atom. The minimum atomic E-state index is -1.38. The first kappa shape index (κ1) is 34.2. The van der Waals surface area contributed by atoms with E-state index in [0.29, 0.717) is 26.3 Å². The van der Waals surface area contributed by atoms with Crippen molar-refractivity contribution >= 4 is 101 Å². The highest BCUT2D eigenvalue weighted by Gasteiger charge is 2.21. The molecule has 230 valence electrons. The average Bonchev–Trinajstić information content (AvgIpc) is 3.65. The van der Waals surface area contributed by atoms with E-state index in [1.165, 1.54) is 14.2 Å². The van der Waals surface area contributed by atoms with E-state index >= 15 is 0 Å². The zero-order valence-electron chi connectivity index (χ0n) is 23.5. The van der Waals surface area contributed by atoms with E-state index < -0.39 is 19.1 Å². The van der Waals surface area contributed by atoms with E-state index in [1.54, 1.807) is 47.1 Å². The smallest absolute Gasteiger partial charge is 0.464 e. The minimum absolute atomic E-state index is 0.207. The molecule has 0 spiro atoms. The fraction of sp³-hybridized carbons (Fsp3) is 0.0667. The molecule has 0 bridgehead atoms. The Morgan fingerprint density at radius 1 is 0.800 bits per heavy atom. The Kier molecular flexibility index (Phi) is 11.8. The van der Waals surface area contributed by atoms with Gasteiger partial charge in [0.1, 0.15) is 0 Å². The molecule has 2 aromatic heterocycles. The molecule has 0 unspecified atom stereocenters. The van der Waals surface area contributed by atoms with Crippen molar-refractivity contribution in [2.45, 2.75) is 0 Å². The Labute approximate surface area is 284 Å². The lowest BCUT2D eigenvalue weighted by Crippen LogP contribution is -2.29. The molecule has 0 amide bonds. The van der Waals surface area contributed by atoms with Crippen LogP contribution in [0.3, 0.4) is 0 Å². The second-order valence-electron chi connectivity index (χ2n) is 9.02. The fourth-order valence-electron chi connectivity index (χ4n) is 4.11. The monoisotopic (exact) mass is 774 g/mol. The summed E-state index contributed by atoms with van der Waals surface area (Å²) in [7, 11) is 1.25. The second kappa shape index (κ2) is 15.5. The molecule has 6 aromatic rings. The molecule has 15 heteroatoms. The molecule has 4 aromatic carbocycles. The third kappa shape index (κ3) is 8.12. The van der Waals surface area contributed by atoms with Crippen molar-refractivity contribution in [3.05, 3.63) is 115 Å². The van der Waals surface area contributed by atoms with Crippen LogP contribution < -0.4 is 5.46 Å². The number of nitrogens with one attached hydrogen (secondary N) is 1. The molecule has 0 fully saturated rings. The number of nitrogens with zero attached hydrogens (tertiary/aromatic N) is 3. The van der Waals surface area contributed by atoms with Crippen molar-refractivity contribution in [2.24, 2.45) is 0 Å². The van der Waals surface area contributed by atoms with Crippen molar-refractivity contribution in [1.82, 2.24) is 20.0 Å². The lowest BCUT2D eigenvalue weighted by molar-refractivity contribution is 0.0587. The van der Waals surface area contributed by atoms with Crippen molar-refractivity contribution in [2.75, 3.05) is 14.2 Å². The largest absolute Gasteiger partial charge is 0.488 e. The summed E-state index contributed by atoms with van der Waals surface area (Å²) in [4.78, 5) is 23.2. The number of carbonyl (C=O) groups excluding carboxylic acids is 2. The number of H-pyrrole nitrogens is 1. The first-order valence-electron chi connectivity index (χ1n) is 12.9.